The van der Waals surface area contributed by atoms with Crippen LogP contribution in [0.3, 0.4) is 0 Å². The fraction of sp³-hybridized carbons (Fsp3) is 0.609. The third-order valence-electron chi connectivity index (χ3n) is 4.76. The first-order valence-corrected chi connectivity index (χ1v) is 10.7. The van der Waals surface area contributed by atoms with Gasteiger partial charge in [-0.1, -0.05) is 58.2 Å². The van der Waals surface area contributed by atoms with E-state index in [1.165, 1.54) is 0 Å². The Morgan fingerprint density at radius 2 is 1.69 bits per heavy atom. The summed E-state index contributed by atoms with van der Waals surface area (Å²) in [5, 5.41) is 5.38. The summed E-state index contributed by atoms with van der Waals surface area (Å²) in [6.07, 6.45) is 3.67. The molecule has 6 heteroatoms. The fourth-order valence-electron chi connectivity index (χ4n) is 3.13. The van der Waals surface area contributed by atoms with Gasteiger partial charge < -0.3 is 15.5 Å². The third kappa shape index (κ3) is 9.59. The van der Waals surface area contributed by atoms with Gasteiger partial charge in [0.15, 0.2) is 0 Å². The highest BCUT2D eigenvalue weighted by Gasteiger charge is 2.25. The highest BCUT2D eigenvalue weighted by molar-refractivity contribution is 5.95. The Labute approximate surface area is 175 Å². The minimum atomic E-state index is -0.316. The number of carbonyl (C=O) groups excluding carboxylic acids is 3. The number of nitrogens with zero attached hydrogens (tertiary/aromatic N) is 1. The van der Waals surface area contributed by atoms with Gasteiger partial charge in [0.05, 0.1) is 13.1 Å². The van der Waals surface area contributed by atoms with Gasteiger partial charge in [-0.05, 0) is 37.8 Å². The molecule has 0 heterocycles. The van der Waals surface area contributed by atoms with Gasteiger partial charge in [0.25, 0.3) is 0 Å². The Hall–Kier alpha value is -2.37. The molecule has 0 aliphatic rings. The molecule has 0 spiro atoms. The van der Waals surface area contributed by atoms with Crippen LogP contribution in [0.1, 0.15) is 58.9 Å². The number of aryl methyl sites for hydroxylation is 1. The van der Waals surface area contributed by atoms with E-state index >= 15 is 0 Å². The molecule has 1 rings (SSSR count). The molecule has 0 bridgehead atoms. The van der Waals surface area contributed by atoms with E-state index in [1.54, 1.807) is 4.90 Å². The number of unbranched alkanes of at least 4 members (excludes halogenated alkanes) is 1. The molecule has 29 heavy (non-hydrogen) atoms. The molecule has 1 aromatic carbocycles. The van der Waals surface area contributed by atoms with Gasteiger partial charge in [-0.15, -0.1) is 0 Å². The second kappa shape index (κ2) is 13.0. The van der Waals surface area contributed by atoms with Crippen molar-refractivity contribution < 1.29 is 14.4 Å². The van der Waals surface area contributed by atoms with E-state index in [9.17, 15) is 14.4 Å². The van der Waals surface area contributed by atoms with Crippen molar-refractivity contribution >= 4 is 23.4 Å². The van der Waals surface area contributed by atoms with E-state index in [2.05, 4.69) is 17.6 Å². The number of nitrogens with one attached hydrogen (secondary N) is 2. The lowest BCUT2D eigenvalue weighted by Gasteiger charge is -2.28. The highest BCUT2D eigenvalue weighted by atomic mass is 16.2. The van der Waals surface area contributed by atoms with Gasteiger partial charge in [-0.3, -0.25) is 14.4 Å². The van der Waals surface area contributed by atoms with Crippen LogP contribution >= 0.6 is 0 Å². The number of anilines is 1. The second-order valence-corrected chi connectivity index (χ2v) is 8.05. The van der Waals surface area contributed by atoms with Crippen LogP contribution in [0.25, 0.3) is 0 Å². The van der Waals surface area contributed by atoms with Gasteiger partial charge in [-0.2, -0.15) is 0 Å². The minimum absolute atomic E-state index is 0.0164. The van der Waals surface area contributed by atoms with Crippen LogP contribution in [0.5, 0.6) is 0 Å². The van der Waals surface area contributed by atoms with Crippen molar-refractivity contribution in [1.29, 1.82) is 0 Å². The topological polar surface area (TPSA) is 78.5 Å². The quantitative estimate of drug-likeness (QED) is 0.558. The molecule has 0 fully saturated rings. The number of hydrogen-bond acceptors (Lipinski definition) is 3. The predicted octanol–water partition coefficient (Wildman–Crippen LogP) is 3.75. The lowest BCUT2D eigenvalue weighted by molar-refractivity contribution is -0.140. The molecule has 6 nitrogen and oxygen atoms in total. The third-order valence-corrected chi connectivity index (χ3v) is 4.76. The maximum absolute atomic E-state index is 12.9. The van der Waals surface area contributed by atoms with Crippen LogP contribution in [0, 0.1) is 18.8 Å². The zero-order valence-electron chi connectivity index (χ0n) is 18.6. The summed E-state index contributed by atoms with van der Waals surface area (Å²) in [6.45, 7) is 10.5. The summed E-state index contributed by atoms with van der Waals surface area (Å²) in [5.41, 5.74) is 1.80. The van der Waals surface area contributed by atoms with Gasteiger partial charge in [0.1, 0.15) is 0 Å². The van der Waals surface area contributed by atoms with E-state index < -0.39 is 0 Å². The van der Waals surface area contributed by atoms with Crippen molar-refractivity contribution in [2.75, 3.05) is 25.0 Å². The normalized spacial score (nSPS) is 11.8. The zero-order valence-corrected chi connectivity index (χ0v) is 18.6. The molecular formula is C23H37N3O3. The minimum Gasteiger partial charge on any atom is -0.345 e. The zero-order chi connectivity index (χ0) is 21.8. The monoisotopic (exact) mass is 403 g/mol. The summed E-state index contributed by atoms with van der Waals surface area (Å²) in [6, 6.07) is 7.46. The van der Waals surface area contributed by atoms with Crippen molar-refractivity contribution in [3.63, 3.8) is 0 Å². The summed E-state index contributed by atoms with van der Waals surface area (Å²) in [4.78, 5) is 39.0. The summed E-state index contributed by atoms with van der Waals surface area (Å²) in [5.74, 6) is -0.359. The van der Waals surface area contributed by atoms with Crippen molar-refractivity contribution in [2.24, 2.45) is 11.8 Å². The largest absolute Gasteiger partial charge is 0.345 e. The van der Waals surface area contributed by atoms with Crippen molar-refractivity contribution in [1.82, 2.24) is 10.2 Å². The number of hydrogen-bond donors (Lipinski definition) is 2. The maximum atomic E-state index is 12.9. The van der Waals surface area contributed by atoms with Crippen LogP contribution in [0.15, 0.2) is 24.3 Å². The van der Waals surface area contributed by atoms with Crippen LogP contribution < -0.4 is 10.6 Å². The Morgan fingerprint density at radius 3 is 2.24 bits per heavy atom. The lowest BCUT2D eigenvalue weighted by atomic mass is 9.97. The molecule has 1 aromatic rings. The molecule has 0 aliphatic carbocycles. The first-order valence-electron chi connectivity index (χ1n) is 10.7. The number of carbonyl (C=O) groups is 3. The first-order chi connectivity index (χ1) is 13.8. The molecular weight excluding hydrogens is 366 g/mol. The molecule has 0 aromatic heterocycles. The van der Waals surface area contributed by atoms with Gasteiger partial charge >= 0.3 is 0 Å². The molecule has 0 unspecified atom stereocenters. The first kappa shape index (κ1) is 24.7. The van der Waals surface area contributed by atoms with E-state index in [4.69, 9.17) is 0 Å². The molecule has 0 saturated heterocycles. The predicted molar refractivity (Wildman–Crippen MR) is 118 cm³/mol. The Balaban J connectivity index is 2.59. The summed E-state index contributed by atoms with van der Waals surface area (Å²) < 4.78 is 0. The van der Waals surface area contributed by atoms with Gasteiger partial charge in [-0.25, -0.2) is 0 Å². The van der Waals surface area contributed by atoms with Crippen molar-refractivity contribution in [3.05, 3.63) is 29.8 Å². The number of rotatable bonds is 12. The number of benzene rings is 1. The number of amides is 3. The van der Waals surface area contributed by atoms with Gasteiger partial charge in [0, 0.05) is 18.2 Å². The van der Waals surface area contributed by atoms with Crippen molar-refractivity contribution in [2.45, 2.75) is 60.3 Å². The molecule has 1 atom stereocenters. The lowest BCUT2D eigenvalue weighted by Crippen LogP contribution is -2.46. The molecule has 0 radical (unpaired) electrons. The highest BCUT2D eigenvalue weighted by Crippen LogP contribution is 2.17. The van der Waals surface area contributed by atoms with Gasteiger partial charge in [0.2, 0.25) is 17.7 Å². The molecule has 3 amide bonds. The average molecular weight is 404 g/mol. The van der Waals surface area contributed by atoms with Crippen LogP contribution in [0.4, 0.5) is 5.69 Å². The van der Waals surface area contributed by atoms with Crippen LogP contribution in [-0.2, 0) is 14.4 Å². The summed E-state index contributed by atoms with van der Waals surface area (Å²) in [7, 11) is 0. The van der Waals surface area contributed by atoms with E-state index in [0.717, 1.165) is 31.2 Å². The van der Waals surface area contributed by atoms with E-state index in [1.807, 2.05) is 52.0 Å². The molecule has 2 N–H and O–H groups in total. The maximum Gasteiger partial charge on any atom is 0.243 e. The van der Waals surface area contributed by atoms with Crippen LogP contribution in [0.2, 0.25) is 0 Å². The molecule has 162 valence electrons. The SMILES string of the molecule is CCCC[C@H](CC)C(=O)N(CC(=O)NCC(=O)Nc1ccc(C)cc1)CC(C)C. The smallest absolute Gasteiger partial charge is 0.243 e. The Kier molecular flexibility index (Phi) is 11.0. The van der Waals surface area contributed by atoms with Crippen molar-refractivity contribution in [3.8, 4) is 0 Å². The Morgan fingerprint density at radius 1 is 1.03 bits per heavy atom. The van der Waals surface area contributed by atoms with E-state index in [0.29, 0.717) is 12.2 Å². The van der Waals surface area contributed by atoms with E-state index in [-0.39, 0.29) is 42.6 Å². The Bertz CT molecular complexity index is 656. The second-order valence-electron chi connectivity index (χ2n) is 8.05. The summed E-state index contributed by atoms with van der Waals surface area (Å²) >= 11 is 0. The fourth-order valence-corrected chi connectivity index (χ4v) is 3.13. The van der Waals surface area contributed by atoms with Crippen LogP contribution in [-0.4, -0.2) is 42.3 Å². The molecule has 0 aliphatic heterocycles. The standard InChI is InChI=1S/C23H37N3O3/c1-6-8-9-19(7-2)23(29)26(15-17(3)4)16-22(28)24-14-21(27)25-20-12-10-18(5)11-13-20/h10-13,17,19H,6-9,14-16H2,1-5H3,(H,24,28)(H,25,27)/t19-/m0/s1. The molecule has 0 saturated carbocycles. The average Bonchev–Trinajstić information content (AvgIpc) is 2.67.